The number of rotatable bonds is 5. The third kappa shape index (κ3) is 3.67. The predicted octanol–water partition coefficient (Wildman–Crippen LogP) is 3.91. The first kappa shape index (κ1) is 16.7. The lowest BCUT2D eigenvalue weighted by Crippen LogP contribution is -2.34. The Labute approximate surface area is 148 Å². The number of likely N-dealkylation sites (N-methyl/N-ethyl adjacent to an activating group) is 1. The van der Waals surface area contributed by atoms with Crippen LogP contribution in [-0.4, -0.2) is 30.8 Å². The molecule has 0 radical (unpaired) electrons. The molecule has 4 nitrogen and oxygen atoms in total. The summed E-state index contributed by atoms with van der Waals surface area (Å²) < 4.78 is 2.20. The smallest absolute Gasteiger partial charge is 0.214 e. The van der Waals surface area contributed by atoms with Crippen molar-refractivity contribution >= 4 is 29.2 Å². The molecule has 1 unspecified atom stereocenters. The van der Waals surface area contributed by atoms with Gasteiger partial charge in [-0.05, 0) is 18.6 Å². The minimum absolute atomic E-state index is 0.109. The van der Waals surface area contributed by atoms with Crippen molar-refractivity contribution in [3.63, 3.8) is 0 Å². The largest absolute Gasteiger partial charge is 0.378 e. The number of thiol groups is 1. The molecule has 2 aromatic rings. The van der Waals surface area contributed by atoms with Crippen molar-refractivity contribution < 1.29 is 4.57 Å². The van der Waals surface area contributed by atoms with E-state index in [1.54, 1.807) is 0 Å². The Morgan fingerprint density at radius 1 is 1.25 bits per heavy atom. The van der Waals surface area contributed by atoms with Crippen LogP contribution >= 0.6 is 12.6 Å². The van der Waals surface area contributed by atoms with Crippen molar-refractivity contribution in [1.82, 2.24) is 4.90 Å². The molecule has 1 aromatic carbocycles. The fourth-order valence-electron chi connectivity index (χ4n) is 2.81. The Hall–Kier alpha value is -2.14. The second-order valence-corrected chi connectivity index (χ2v) is 6.48. The molecule has 1 heterocycles. The van der Waals surface area contributed by atoms with Crippen molar-refractivity contribution in [3.05, 3.63) is 60.5 Å². The number of aryl methyl sites for hydroxylation is 1. The molecular weight excluding hydrogens is 316 g/mol. The van der Waals surface area contributed by atoms with Gasteiger partial charge in [-0.2, -0.15) is 27.4 Å². The molecule has 0 N–H and O–H groups in total. The van der Waals surface area contributed by atoms with Gasteiger partial charge in [0.15, 0.2) is 12.7 Å². The van der Waals surface area contributed by atoms with E-state index in [2.05, 4.69) is 74.9 Å². The zero-order valence-electron chi connectivity index (χ0n) is 14.1. The van der Waals surface area contributed by atoms with E-state index in [-0.39, 0.29) is 6.04 Å². The molecule has 5 heteroatoms. The molecular formula is C19H23N4S+. The normalized spacial score (nSPS) is 17.5. The molecule has 3 rings (SSSR count). The summed E-state index contributed by atoms with van der Waals surface area (Å²) in [6.07, 6.45) is 9.38. The molecule has 1 aliphatic carbocycles. The van der Waals surface area contributed by atoms with Crippen molar-refractivity contribution in [2.24, 2.45) is 10.2 Å². The average Bonchev–Trinajstić information content (AvgIpc) is 2.61. The minimum atomic E-state index is 0.109. The Kier molecular flexibility index (Phi) is 5.30. The summed E-state index contributed by atoms with van der Waals surface area (Å²) in [5, 5.41) is 10.2. The number of fused-ring (bicyclic) bond motifs is 1. The maximum atomic E-state index is 4.53. The van der Waals surface area contributed by atoms with Gasteiger partial charge in [-0.15, -0.1) is 0 Å². The van der Waals surface area contributed by atoms with E-state index >= 15 is 0 Å². The number of azo groups is 1. The van der Waals surface area contributed by atoms with Crippen LogP contribution in [0.15, 0.2) is 70.7 Å². The van der Waals surface area contributed by atoms with Crippen LogP contribution in [0.5, 0.6) is 0 Å². The zero-order valence-corrected chi connectivity index (χ0v) is 15.0. The van der Waals surface area contributed by atoms with Crippen LogP contribution in [0.25, 0.3) is 10.9 Å². The minimum Gasteiger partial charge on any atom is -0.378 e. The molecule has 0 fully saturated rings. The number of hydrogen-bond acceptors (Lipinski definition) is 4. The molecule has 1 atom stereocenters. The fourth-order valence-corrected chi connectivity index (χ4v) is 3.03. The number of nitrogens with zero attached hydrogens (tertiary/aromatic N) is 4. The molecule has 0 saturated carbocycles. The van der Waals surface area contributed by atoms with Crippen molar-refractivity contribution in [3.8, 4) is 0 Å². The van der Waals surface area contributed by atoms with Crippen LogP contribution in [0.1, 0.15) is 6.42 Å². The Bertz CT molecular complexity index is 808. The highest BCUT2D eigenvalue weighted by Gasteiger charge is 2.12. The third-order valence-electron chi connectivity index (χ3n) is 4.13. The SMILES string of the molecule is CN(C)C1=CCC(N=Nc2cc[n+](CCS)c3ccccc23)C=C1. The number of para-hydroxylation sites is 1. The molecule has 0 saturated heterocycles. The van der Waals surface area contributed by atoms with Crippen LogP contribution < -0.4 is 4.57 Å². The number of hydrogen-bond donors (Lipinski definition) is 1. The predicted molar refractivity (Wildman–Crippen MR) is 102 cm³/mol. The van der Waals surface area contributed by atoms with Crippen molar-refractivity contribution in [2.75, 3.05) is 19.8 Å². The number of allylic oxidation sites excluding steroid dienone is 1. The van der Waals surface area contributed by atoms with Gasteiger partial charge in [-0.25, -0.2) is 0 Å². The molecule has 1 aliphatic rings. The van der Waals surface area contributed by atoms with Gasteiger partial charge < -0.3 is 4.90 Å². The standard InChI is InChI=1S/C19H22N4S/c1-22(2)16-9-7-15(8-10-16)20-21-18-11-12-23(13-14-24)19-6-4-3-5-17(18)19/h3-7,9-12,15H,8,13-14H2,1-2H3/p+1. The molecule has 0 bridgehead atoms. The van der Waals surface area contributed by atoms with Crippen molar-refractivity contribution in [2.45, 2.75) is 19.0 Å². The Balaban J connectivity index is 1.84. The van der Waals surface area contributed by atoms with Crippen LogP contribution in [0.2, 0.25) is 0 Å². The highest BCUT2D eigenvalue weighted by molar-refractivity contribution is 7.80. The van der Waals surface area contributed by atoms with Gasteiger partial charge in [0.05, 0.1) is 11.4 Å². The number of benzene rings is 1. The highest BCUT2D eigenvalue weighted by Crippen LogP contribution is 2.25. The summed E-state index contributed by atoms with van der Waals surface area (Å²) >= 11 is 4.34. The summed E-state index contributed by atoms with van der Waals surface area (Å²) in [4.78, 5) is 2.11. The van der Waals surface area contributed by atoms with E-state index in [0.717, 1.165) is 35.3 Å². The van der Waals surface area contributed by atoms with E-state index in [9.17, 15) is 0 Å². The summed E-state index contributed by atoms with van der Waals surface area (Å²) in [6, 6.07) is 10.4. The van der Waals surface area contributed by atoms with Gasteiger partial charge in [0.2, 0.25) is 5.52 Å². The van der Waals surface area contributed by atoms with Gasteiger partial charge in [0, 0.05) is 37.7 Å². The van der Waals surface area contributed by atoms with Gasteiger partial charge in [-0.1, -0.05) is 24.3 Å². The molecule has 1 aromatic heterocycles. The zero-order chi connectivity index (χ0) is 16.9. The number of pyridine rings is 1. The first-order chi connectivity index (χ1) is 11.7. The first-order valence-corrected chi connectivity index (χ1v) is 8.81. The molecule has 24 heavy (non-hydrogen) atoms. The summed E-state index contributed by atoms with van der Waals surface area (Å²) in [6.45, 7) is 0.879. The van der Waals surface area contributed by atoms with Crippen LogP contribution in [0.3, 0.4) is 0 Å². The first-order valence-electron chi connectivity index (χ1n) is 8.17. The Morgan fingerprint density at radius 2 is 2.08 bits per heavy atom. The topological polar surface area (TPSA) is 31.8 Å². The summed E-state index contributed by atoms with van der Waals surface area (Å²) in [5.74, 6) is 0.808. The van der Waals surface area contributed by atoms with Gasteiger partial charge in [0.1, 0.15) is 5.69 Å². The van der Waals surface area contributed by atoms with Gasteiger partial charge in [-0.3, -0.25) is 0 Å². The lowest BCUT2D eigenvalue weighted by atomic mass is 10.1. The maximum Gasteiger partial charge on any atom is 0.214 e. The monoisotopic (exact) mass is 339 g/mol. The van der Waals surface area contributed by atoms with E-state index in [0.29, 0.717) is 0 Å². The van der Waals surface area contributed by atoms with Crippen LogP contribution in [-0.2, 0) is 6.54 Å². The number of aromatic nitrogens is 1. The molecule has 0 spiro atoms. The highest BCUT2D eigenvalue weighted by atomic mass is 32.1. The summed E-state index contributed by atoms with van der Waals surface area (Å²) in [7, 11) is 4.10. The molecule has 0 aliphatic heterocycles. The Morgan fingerprint density at radius 3 is 2.79 bits per heavy atom. The van der Waals surface area contributed by atoms with E-state index < -0.39 is 0 Å². The second kappa shape index (κ2) is 7.62. The maximum absolute atomic E-state index is 4.53. The van der Waals surface area contributed by atoms with Crippen molar-refractivity contribution in [1.29, 1.82) is 0 Å². The summed E-state index contributed by atoms with van der Waals surface area (Å²) in [5.41, 5.74) is 3.30. The van der Waals surface area contributed by atoms with Gasteiger partial charge >= 0.3 is 0 Å². The second-order valence-electron chi connectivity index (χ2n) is 6.04. The lowest BCUT2D eigenvalue weighted by molar-refractivity contribution is -0.666. The molecule has 124 valence electrons. The van der Waals surface area contributed by atoms with Crippen LogP contribution in [0.4, 0.5) is 5.69 Å². The van der Waals surface area contributed by atoms with E-state index in [1.165, 1.54) is 5.70 Å². The molecule has 0 amide bonds. The lowest BCUT2D eigenvalue weighted by Gasteiger charge is -2.18. The third-order valence-corrected chi connectivity index (χ3v) is 4.33. The fraction of sp³-hybridized carbons (Fsp3) is 0.316. The average molecular weight is 339 g/mol. The quantitative estimate of drug-likeness (QED) is 0.500. The van der Waals surface area contributed by atoms with Gasteiger partial charge in [0.25, 0.3) is 0 Å². The van der Waals surface area contributed by atoms with Crippen LogP contribution in [0, 0.1) is 0 Å². The van der Waals surface area contributed by atoms with E-state index in [4.69, 9.17) is 0 Å². The van der Waals surface area contributed by atoms with E-state index in [1.807, 2.05) is 26.2 Å².